The number of nitrogens with zero attached hydrogens (tertiary/aromatic N) is 1. The van der Waals surface area contributed by atoms with Crippen LogP contribution >= 0.6 is 0 Å². The van der Waals surface area contributed by atoms with Crippen molar-refractivity contribution in [3.8, 4) is 0 Å². The quantitative estimate of drug-likeness (QED) is 0.722. The molecular formula is C11H19N3O. The van der Waals surface area contributed by atoms with E-state index in [2.05, 4.69) is 10.3 Å². The number of ether oxygens (including phenoxy) is 1. The van der Waals surface area contributed by atoms with E-state index in [4.69, 9.17) is 10.5 Å². The standard InChI is InChI=1S/C11H19N3O/c1-9(15-2)7-13-8-10-3-4-14-11(5-10)6-12/h3-5,9,13H,6-8,12H2,1-2H3. The summed E-state index contributed by atoms with van der Waals surface area (Å²) in [6, 6.07) is 4.01. The average molecular weight is 209 g/mol. The Labute approximate surface area is 90.8 Å². The summed E-state index contributed by atoms with van der Waals surface area (Å²) in [5, 5.41) is 3.31. The molecule has 0 fully saturated rings. The van der Waals surface area contributed by atoms with Gasteiger partial charge >= 0.3 is 0 Å². The Bertz CT molecular complexity index is 291. The zero-order valence-corrected chi connectivity index (χ0v) is 9.36. The zero-order chi connectivity index (χ0) is 11.1. The molecule has 1 atom stereocenters. The van der Waals surface area contributed by atoms with Crippen LogP contribution in [-0.2, 0) is 17.8 Å². The molecule has 4 heteroatoms. The van der Waals surface area contributed by atoms with E-state index in [-0.39, 0.29) is 6.10 Å². The van der Waals surface area contributed by atoms with Gasteiger partial charge in [-0.1, -0.05) is 0 Å². The molecule has 15 heavy (non-hydrogen) atoms. The van der Waals surface area contributed by atoms with Gasteiger partial charge in [0.2, 0.25) is 0 Å². The van der Waals surface area contributed by atoms with Gasteiger partial charge in [-0.15, -0.1) is 0 Å². The molecule has 0 amide bonds. The first kappa shape index (κ1) is 12.1. The van der Waals surface area contributed by atoms with Crippen molar-refractivity contribution in [3.63, 3.8) is 0 Å². The predicted octanol–water partition coefficient (Wildman–Crippen LogP) is 0.665. The van der Waals surface area contributed by atoms with Gasteiger partial charge < -0.3 is 15.8 Å². The second kappa shape index (κ2) is 6.50. The number of hydrogen-bond acceptors (Lipinski definition) is 4. The normalized spacial score (nSPS) is 12.7. The summed E-state index contributed by atoms with van der Waals surface area (Å²) in [6.07, 6.45) is 2.03. The van der Waals surface area contributed by atoms with E-state index >= 15 is 0 Å². The van der Waals surface area contributed by atoms with Crippen molar-refractivity contribution in [3.05, 3.63) is 29.6 Å². The molecule has 4 nitrogen and oxygen atoms in total. The van der Waals surface area contributed by atoms with E-state index in [0.29, 0.717) is 6.54 Å². The number of nitrogens with one attached hydrogen (secondary N) is 1. The minimum absolute atomic E-state index is 0.237. The number of rotatable bonds is 6. The van der Waals surface area contributed by atoms with E-state index in [9.17, 15) is 0 Å². The molecule has 0 spiro atoms. The molecule has 0 saturated carbocycles. The highest BCUT2D eigenvalue weighted by Crippen LogP contribution is 2.00. The zero-order valence-electron chi connectivity index (χ0n) is 9.36. The molecule has 0 aliphatic carbocycles. The van der Waals surface area contributed by atoms with Gasteiger partial charge in [-0.2, -0.15) is 0 Å². The molecule has 1 unspecified atom stereocenters. The molecule has 1 rings (SSSR count). The third-order valence-electron chi connectivity index (χ3n) is 2.25. The van der Waals surface area contributed by atoms with Crippen LogP contribution in [0.3, 0.4) is 0 Å². The molecule has 1 aromatic rings. The fourth-order valence-electron chi connectivity index (χ4n) is 1.25. The third-order valence-corrected chi connectivity index (χ3v) is 2.25. The predicted molar refractivity (Wildman–Crippen MR) is 60.3 cm³/mol. The van der Waals surface area contributed by atoms with Crippen LogP contribution in [0, 0.1) is 0 Å². The summed E-state index contributed by atoms with van der Waals surface area (Å²) in [5.74, 6) is 0. The van der Waals surface area contributed by atoms with Crippen molar-refractivity contribution >= 4 is 0 Å². The highest BCUT2D eigenvalue weighted by molar-refractivity contribution is 5.15. The van der Waals surface area contributed by atoms with Gasteiger partial charge in [0, 0.05) is 32.9 Å². The van der Waals surface area contributed by atoms with Gasteiger partial charge in [0.15, 0.2) is 0 Å². The smallest absolute Gasteiger partial charge is 0.0667 e. The van der Waals surface area contributed by atoms with Crippen LogP contribution in [0.4, 0.5) is 0 Å². The maximum atomic E-state index is 5.51. The number of nitrogens with two attached hydrogens (primary N) is 1. The van der Waals surface area contributed by atoms with Crippen LogP contribution in [0.25, 0.3) is 0 Å². The molecule has 3 N–H and O–H groups in total. The average Bonchev–Trinajstić information content (AvgIpc) is 2.29. The van der Waals surface area contributed by atoms with Crippen LogP contribution in [0.2, 0.25) is 0 Å². The molecular weight excluding hydrogens is 190 g/mol. The topological polar surface area (TPSA) is 60.2 Å². The van der Waals surface area contributed by atoms with Crippen molar-refractivity contribution in [2.24, 2.45) is 5.73 Å². The van der Waals surface area contributed by atoms with Gasteiger partial charge in [-0.25, -0.2) is 0 Å². The Kier molecular flexibility index (Phi) is 5.25. The SMILES string of the molecule is COC(C)CNCc1ccnc(CN)c1. The Balaban J connectivity index is 2.37. The lowest BCUT2D eigenvalue weighted by atomic mass is 10.2. The molecule has 1 heterocycles. The van der Waals surface area contributed by atoms with E-state index in [1.165, 1.54) is 5.56 Å². The van der Waals surface area contributed by atoms with Gasteiger partial charge in [-0.05, 0) is 24.6 Å². The first-order chi connectivity index (χ1) is 7.26. The molecule has 0 aromatic carbocycles. The van der Waals surface area contributed by atoms with Crippen LogP contribution in [0.15, 0.2) is 18.3 Å². The number of pyridine rings is 1. The molecule has 1 aromatic heterocycles. The lowest BCUT2D eigenvalue weighted by Gasteiger charge is -2.10. The summed E-state index contributed by atoms with van der Waals surface area (Å²) >= 11 is 0. The van der Waals surface area contributed by atoms with Crippen molar-refractivity contribution in [2.75, 3.05) is 13.7 Å². The Morgan fingerprint density at radius 3 is 3.07 bits per heavy atom. The van der Waals surface area contributed by atoms with Crippen LogP contribution < -0.4 is 11.1 Å². The number of methoxy groups -OCH3 is 1. The van der Waals surface area contributed by atoms with Crippen molar-refractivity contribution < 1.29 is 4.74 Å². The third kappa shape index (κ3) is 4.38. The van der Waals surface area contributed by atoms with Gasteiger partial charge in [0.25, 0.3) is 0 Å². The summed E-state index contributed by atoms with van der Waals surface area (Å²) in [4.78, 5) is 4.14. The molecule has 0 aliphatic rings. The summed E-state index contributed by atoms with van der Waals surface area (Å²) in [7, 11) is 1.71. The lowest BCUT2D eigenvalue weighted by Crippen LogP contribution is -2.25. The van der Waals surface area contributed by atoms with Gasteiger partial charge in [-0.3, -0.25) is 4.98 Å². The first-order valence-corrected chi connectivity index (χ1v) is 5.13. The van der Waals surface area contributed by atoms with Crippen molar-refractivity contribution in [1.29, 1.82) is 0 Å². The number of aromatic nitrogens is 1. The highest BCUT2D eigenvalue weighted by Gasteiger charge is 1.99. The van der Waals surface area contributed by atoms with Gasteiger partial charge in [0.1, 0.15) is 0 Å². The maximum absolute atomic E-state index is 5.51. The molecule has 84 valence electrons. The Morgan fingerprint density at radius 1 is 1.60 bits per heavy atom. The highest BCUT2D eigenvalue weighted by atomic mass is 16.5. The second-order valence-corrected chi connectivity index (χ2v) is 3.54. The molecule has 0 saturated heterocycles. The first-order valence-electron chi connectivity index (χ1n) is 5.13. The van der Waals surface area contributed by atoms with Gasteiger partial charge in [0.05, 0.1) is 11.8 Å². The van der Waals surface area contributed by atoms with E-state index in [1.807, 2.05) is 19.1 Å². The maximum Gasteiger partial charge on any atom is 0.0667 e. The molecule has 0 bridgehead atoms. The Hall–Kier alpha value is -0.970. The van der Waals surface area contributed by atoms with Crippen molar-refractivity contribution in [2.45, 2.75) is 26.1 Å². The number of hydrogen-bond donors (Lipinski definition) is 2. The lowest BCUT2D eigenvalue weighted by molar-refractivity contribution is 0.117. The van der Waals surface area contributed by atoms with Crippen LogP contribution in [0.1, 0.15) is 18.2 Å². The van der Waals surface area contributed by atoms with E-state index < -0.39 is 0 Å². The van der Waals surface area contributed by atoms with E-state index in [0.717, 1.165) is 18.8 Å². The van der Waals surface area contributed by atoms with Crippen LogP contribution in [0.5, 0.6) is 0 Å². The minimum atomic E-state index is 0.237. The fourth-order valence-corrected chi connectivity index (χ4v) is 1.25. The molecule has 0 radical (unpaired) electrons. The van der Waals surface area contributed by atoms with E-state index in [1.54, 1.807) is 13.3 Å². The Morgan fingerprint density at radius 2 is 2.40 bits per heavy atom. The fraction of sp³-hybridized carbons (Fsp3) is 0.545. The van der Waals surface area contributed by atoms with Crippen LogP contribution in [-0.4, -0.2) is 24.7 Å². The molecule has 0 aliphatic heterocycles. The summed E-state index contributed by atoms with van der Waals surface area (Å²) < 4.78 is 5.14. The summed E-state index contributed by atoms with van der Waals surface area (Å²) in [6.45, 7) is 4.19. The summed E-state index contributed by atoms with van der Waals surface area (Å²) in [5.41, 5.74) is 7.64. The largest absolute Gasteiger partial charge is 0.380 e. The second-order valence-electron chi connectivity index (χ2n) is 3.54. The minimum Gasteiger partial charge on any atom is -0.380 e. The monoisotopic (exact) mass is 209 g/mol. The van der Waals surface area contributed by atoms with Crippen molar-refractivity contribution in [1.82, 2.24) is 10.3 Å².